The average Bonchev–Trinajstić information content (AvgIpc) is 3.40. The summed E-state index contributed by atoms with van der Waals surface area (Å²) in [6, 6.07) is 24.2. The molecule has 4 rings (SSSR count). The van der Waals surface area contributed by atoms with Crippen LogP contribution >= 0.6 is 0 Å². The van der Waals surface area contributed by atoms with Crippen molar-refractivity contribution in [1.29, 1.82) is 5.26 Å². The third-order valence-corrected chi connectivity index (χ3v) is 10.5. The van der Waals surface area contributed by atoms with E-state index in [2.05, 4.69) is 75.0 Å². The highest BCUT2D eigenvalue weighted by Crippen LogP contribution is 2.55. The van der Waals surface area contributed by atoms with Gasteiger partial charge in [0.25, 0.3) is 0 Å². The number of nitrogens with zero attached hydrogens (tertiary/aromatic N) is 1. The standard InChI is InChI=1S/C46H61NO3/c1-5-7-9-11-13-17-29-46(30-18-14-12-10-8-6-2)43-33-39(38-23-21-37(35-47)22-24-38)25-27-41(43)42-28-26-40(34-44(42)46)49-31-19-15-16-20-32-50-45(48)36(3)4/h21-28,33-34H,3,5-20,29-32H2,1-2,4H3. The Morgan fingerprint density at radius 2 is 1.18 bits per heavy atom. The minimum absolute atomic E-state index is 0.0383. The molecule has 4 nitrogen and oxygen atoms in total. The van der Waals surface area contributed by atoms with Crippen LogP contribution in [0.2, 0.25) is 0 Å². The molecule has 50 heavy (non-hydrogen) atoms. The van der Waals surface area contributed by atoms with E-state index in [0.29, 0.717) is 24.4 Å². The van der Waals surface area contributed by atoms with Gasteiger partial charge < -0.3 is 9.47 Å². The van der Waals surface area contributed by atoms with Gasteiger partial charge in [0.15, 0.2) is 0 Å². The molecule has 3 aromatic rings. The van der Waals surface area contributed by atoms with Gasteiger partial charge in [-0.05, 0) is 109 Å². The molecule has 0 N–H and O–H groups in total. The van der Waals surface area contributed by atoms with E-state index in [1.807, 2.05) is 12.1 Å². The highest BCUT2D eigenvalue weighted by atomic mass is 16.5. The monoisotopic (exact) mass is 675 g/mol. The molecular formula is C46H61NO3. The molecule has 0 unspecified atom stereocenters. The zero-order chi connectivity index (χ0) is 35.6. The molecule has 268 valence electrons. The van der Waals surface area contributed by atoms with Crippen molar-refractivity contribution in [2.24, 2.45) is 0 Å². The molecule has 0 amide bonds. The van der Waals surface area contributed by atoms with Gasteiger partial charge in [0.05, 0.1) is 24.8 Å². The lowest BCUT2D eigenvalue weighted by molar-refractivity contribution is -0.139. The molecule has 4 heteroatoms. The number of hydrogen-bond donors (Lipinski definition) is 0. The van der Waals surface area contributed by atoms with E-state index >= 15 is 0 Å². The highest BCUT2D eigenvalue weighted by molar-refractivity contribution is 5.87. The molecule has 0 aliphatic heterocycles. The molecule has 0 atom stereocenters. The maximum atomic E-state index is 11.6. The van der Waals surface area contributed by atoms with Gasteiger partial charge in [-0.15, -0.1) is 0 Å². The third-order valence-electron chi connectivity index (χ3n) is 10.5. The molecule has 0 fully saturated rings. The Labute approximate surface area is 303 Å². The Balaban J connectivity index is 1.56. The number of fused-ring (bicyclic) bond motifs is 3. The van der Waals surface area contributed by atoms with E-state index in [9.17, 15) is 10.1 Å². The second kappa shape index (κ2) is 20.7. The number of esters is 1. The predicted molar refractivity (Wildman–Crippen MR) is 209 cm³/mol. The third kappa shape index (κ3) is 10.8. The van der Waals surface area contributed by atoms with Crippen molar-refractivity contribution in [2.75, 3.05) is 13.2 Å². The van der Waals surface area contributed by atoms with Gasteiger partial charge in [0, 0.05) is 11.0 Å². The Bertz CT molecular complexity index is 1530. The smallest absolute Gasteiger partial charge is 0.333 e. The van der Waals surface area contributed by atoms with E-state index in [1.54, 1.807) is 6.92 Å². The van der Waals surface area contributed by atoms with Crippen LogP contribution in [-0.2, 0) is 14.9 Å². The normalized spacial score (nSPS) is 12.6. The Hall–Kier alpha value is -3.84. The molecular weight excluding hydrogens is 615 g/mol. The van der Waals surface area contributed by atoms with Crippen LogP contribution in [0, 0.1) is 11.3 Å². The van der Waals surface area contributed by atoms with Crippen LogP contribution in [0.1, 0.15) is 153 Å². The molecule has 0 bridgehead atoms. The summed E-state index contributed by atoms with van der Waals surface area (Å²) in [7, 11) is 0. The van der Waals surface area contributed by atoms with Crippen LogP contribution in [0.4, 0.5) is 0 Å². The van der Waals surface area contributed by atoms with Crippen LogP contribution in [0.5, 0.6) is 5.75 Å². The number of hydrogen-bond acceptors (Lipinski definition) is 4. The van der Waals surface area contributed by atoms with Crippen LogP contribution < -0.4 is 4.74 Å². The maximum absolute atomic E-state index is 11.6. The molecule has 0 heterocycles. The van der Waals surface area contributed by atoms with Gasteiger partial charge in [0.2, 0.25) is 0 Å². The molecule has 0 saturated heterocycles. The molecule has 3 aromatic carbocycles. The fraction of sp³-hybridized carbons (Fsp3) is 0.522. The van der Waals surface area contributed by atoms with Gasteiger partial charge in [-0.2, -0.15) is 5.26 Å². The lowest BCUT2D eigenvalue weighted by Gasteiger charge is -2.33. The summed E-state index contributed by atoms with van der Waals surface area (Å²) in [6.45, 7) is 11.0. The molecule has 0 spiro atoms. The second-order valence-corrected chi connectivity index (χ2v) is 14.5. The zero-order valence-corrected chi connectivity index (χ0v) is 31.3. The molecule has 0 saturated carbocycles. The van der Waals surface area contributed by atoms with Crippen LogP contribution in [0.3, 0.4) is 0 Å². The molecule has 1 aliphatic carbocycles. The van der Waals surface area contributed by atoms with Crippen molar-refractivity contribution in [3.8, 4) is 34.1 Å². The topological polar surface area (TPSA) is 59.3 Å². The van der Waals surface area contributed by atoms with E-state index in [-0.39, 0.29) is 11.4 Å². The van der Waals surface area contributed by atoms with Crippen LogP contribution in [-0.4, -0.2) is 19.2 Å². The summed E-state index contributed by atoms with van der Waals surface area (Å²) in [5, 5.41) is 9.38. The minimum Gasteiger partial charge on any atom is -0.494 e. The number of rotatable bonds is 24. The Morgan fingerprint density at radius 1 is 0.660 bits per heavy atom. The summed E-state index contributed by atoms with van der Waals surface area (Å²) in [4.78, 5) is 11.6. The van der Waals surface area contributed by atoms with Crippen molar-refractivity contribution in [3.63, 3.8) is 0 Å². The highest BCUT2D eigenvalue weighted by Gasteiger charge is 2.42. The summed E-state index contributed by atoms with van der Waals surface area (Å²) in [5.41, 5.74) is 9.14. The SMILES string of the molecule is C=C(C)C(=O)OCCCCCCOc1ccc2c(c1)C(CCCCCCCC)(CCCCCCCC)c1cc(-c3ccc(C#N)cc3)ccc1-2. The summed E-state index contributed by atoms with van der Waals surface area (Å²) in [6.07, 6.45) is 21.7. The Morgan fingerprint density at radius 3 is 1.78 bits per heavy atom. The lowest BCUT2D eigenvalue weighted by atomic mass is 9.70. The first-order chi connectivity index (χ1) is 24.4. The number of carbonyl (C=O) groups excluding carboxylic acids is 1. The van der Waals surface area contributed by atoms with E-state index < -0.39 is 0 Å². The molecule has 1 aliphatic rings. The fourth-order valence-electron chi connectivity index (χ4n) is 7.59. The van der Waals surface area contributed by atoms with Gasteiger partial charge in [-0.25, -0.2) is 4.79 Å². The molecule has 0 radical (unpaired) electrons. The van der Waals surface area contributed by atoms with Crippen LogP contribution in [0.25, 0.3) is 22.3 Å². The first-order valence-corrected chi connectivity index (χ1v) is 19.7. The van der Waals surface area contributed by atoms with Gasteiger partial charge in [-0.3, -0.25) is 0 Å². The number of benzene rings is 3. The second-order valence-electron chi connectivity index (χ2n) is 14.5. The predicted octanol–water partition coefficient (Wildman–Crippen LogP) is 13.1. The van der Waals surface area contributed by atoms with E-state index in [4.69, 9.17) is 9.47 Å². The maximum Gasteiger partial charge on any atom is 0.333 e. The number of carbonyl (C=O) groups is 1. The first-order valence-electron chi connectivity index (χ1n) is 19.7. The van der Waals surface area contributed by atoms with E-state index in [0.717, 1.165) is 49.8 Å². The van der Waals surface area contributed by atoms with Gasteiger partial charge >= 0.3 is 5.97 Å². The summed E-state index contributed by atoms with van der Waals surface area (Å²) < 4.78 is 11.7. The van der Waals surface area contributed by atoms with Crippen LogP contribution in [0.15, 0.2) is 72.8 Å². The van der Waals surface area contributed by atoms with Crippen molar-refractivity contribution in [3.05, 3.63) is 89.5 Å². The molecule has 0 aromatic heterocycles. The van der Waals surface area contributed by atoms with Crippen molar-refractivity contribution < 1.29 is 14.3 Å². The summed E-state index contributed by atoms with van der Waals surface area (Å²) in [5.74, 6) is 0.663. The number of nitriles is 1. The Kier molecular flexibility index (Phi) is 16.2. The lowest BCUT2D eigenvalue weighted by Crippen LogP contribution is -2.25. The van der Waals surface area contributed by atoms with Crippen molar-refractivity contribution in [2.45, 2.75) is 142 Å². The fourth-order valence-corrected chi connectivity index (χ4v) is 7.59. The number of unbranched alkanes of at least 4 members (excludes halogenated alkanes) is 13. The van der Waals surface area contributed by atoms with Gasteiger partial charge in [0.1, 0.15) is 5.75 Å². The van der Waals surface area contributed by atoms with E-state index in [1.165, 1.54) is 105 Å². The zero-order valence-electron chi connectivity index (χ0n) is 31.3. The number of ether oxygens (including phenoxy) is 2. The van der Waals surface area contributed by atoms with Crippen molar-refractivity contribution in [1.82, 2.24) is 0 Å². The minimum atomic E-state index is -0.304. The largest absolute Gasteiger partial charge is 0.494 e. The first kappa shape index (κ1) is 39.0. The van der Waals surface area contributed by atoms with Crippen molar-refractivity contribution >= 4 is 5.97 Å². The summed E-state index contributed by atoms with van der Waals surface area (Å²) >= 11 is 0. The quantitative estimate of drug-likeness (QED) is 0.0538. The van der Waals surface area contributed by atoms with Gasteiger partial charge in [-0.1, -0.05) is 128 Å². The average molecular weight is 676 g/mol.